The molecule has 8 nitrogen and oxygen atoms in total. The number of hydrogen-bond donors (Lipinski definition) is 1. The average Bonchev–Trinajstić information content (AvgIpc) is 2.79. The molecule has 0 saturated heterocycles. The normalized spacial score (nSPS) is 12.3. The van der Waals surface area contributed by atoms with Gasteiger partial charge in [-0.1, -0.05) is 25.1 Å². The number of aromatic nitrogens is 1. The van der Waals surface area contributed by atoms with Gasteiger partial charge in [-0.25, -0.2) is 0 Å². The maximum atomic E-state index is 12.9. The van der Waals surface area contributed by atoms with Crippen LogP contribution in [0.2, 0.25) is 0 Å². The molecule has 3 rings (SSSR count). The van der Waals surface area contributed by atoms with Gasteiger partial charge >= 0.3 is 0 Å². The van der Waals surface area contributed by atoms with E-state index in [0.717, 1.165) is 5.69 Å². The van der Waals surface area contributed by atoms with Crippen LogP contribution in [0.15, 0.2) is 79.8 Å². The van der Waals surface area contributed by atoms with Gasteiger partial charge in [0.05, 0.1) is 17.1 Å². The first-order valence-electron chi connectivity index (χ1n) is 9.83. The van der Waals surface area contributed by atoms with Crippen LogP contribution < -0.4 is 5.56 Å². The van der Waals surface area contributed by atoms with Crippen LogP contribution in [0.4, 0.5) is 22.7 Å². The van der Waals surface area contributed by atoms with Gasteiger partial charge < -0.3 is 5.11 Å². The largest absolute Gasteiger partial charge is 0.493 e. The Hall–Kier alpha value is -4.12. The highest BCUT2D eigenvalue weighted by atomic mass is 16.3. The van der Waals surface area contributed by atoms with Gasteiger partial charge in [-0.2, -0.15) is 20.6 Å². The second-order valence-corrected chi connectivity index (χ2v) is 6.97. The van der Waals surface area contributed by atoms with Gasteiger partial charge in [0.1, 0.15) is 11.6 Å². The van der Waals surface area contributed by atoms with Crippen LogP contribution in [-0.2, 0) is 0 Å². The molecule has 8 heteroatoms. The highest BCUT2D eigenvalue weighted by Crippen LogP contribution is 2.30. The van der Waals surface area contributed by atoms with Crippen LogP contribution in [0.1, 0.15) is 37.4 Å². The maximum absolute atomic E-state index is 12.9. The molecule has 0 fully saturated rings. The Labute approximate surface area is 179 Å². The molecule has 0 aliphatic rings. The predicted molar refractivity (Wildman–Crippen MR) is 118 cm³/mol. The van der Waals surface area contributed by atoms with Crippen molar-refractivity contribution in [1.29, 1.82) is 5.26 Å². The van der Waals surface area contributed by atoms with Crippen molar-refractivity contribution in [1.82, 2.24) is 4.57 Å². The summed E-state index contributed by atoms with van der Waals surface area (Å²) < 4.78 is 1.19. The maximum Gasteiger partial charge on any atom is 0.281 e. The fraction of sp³-hybridized carbons (Fsp3) is 0.217. The first-order chi connectivity index (χ1) is 15.0. The lowest BCUT2D eigenvalue weighted by atomic mass is 10.1. The van der Waals surface area contributed by atoms with E-state index in [2.05, 4.69) is 20.5 Å². The monoisotopic (exact) mass is 414 g/mol. The number of pyridine rings is 1. The molecule has 2 aromatic carbocycles. The first kappa shape index (κ1) is 21.6. The summed E-state index contributed by atoms with van der Waals surface area (Å²) in [5.74, 6) is -0.341. The molecule has 3 aromatic rings. The molecule has 0 bridgehead atoms. The van der Waals surface area contributed by atoms with E-state index in [9.17, 15) is 15.2 Å². The van der Waals surface area contributed by atoms with Crippen LogP contribution in [0, 0.1) is 18.3 Å². The summed E-state index contributed by atoms with van der Waals surface area (Å²) in [6, 6.07) is 17.9. The molecular weight excluding hydrogens is 392 g/mol. The zero-order chi connectivity index (χ0) is 22.4. The van der Waals surface area contributed by atoms with E-state index in [1.807, 2.05) is 43.3 Å². The van der Waals surface area contributed by atoms with E-state index < -0.39 is 5.56 Å². The van der Waals surface area contributed by atoms with Crippen molar-refractivity contribution >= 4 is 22.7 Å². The quantitative estimate of drug-likeness (QED) is 0.462. The molecule has 1 unspecified atom stereocenters. The molecular formula is C23H22N6O2. The predicted octanol–water partition coefficient (Wildman–Crippen LogP) is 6.54. The van der Waals surface area contributed by atoms with Crippen molar-refractivity contribution in [3.63, 3.8) is 0 Å². The Balaban J connectivity index is 1.90. The topological polar surface area (TPSA) is 115 Å². The summed E-state index contributed by atoms with van der Waals surface area (Å²) in [6.45, 7) is 5.25. The summed E-state index contributed by atoms with van der Waals surface area (Å²) in [5, 5.41) is 36.4. The third kappa shape index (κ3) is 4.73. The minimum atomic E-state index is -0.486. The lowest BCUT2D eigenvalue weighted by Gasteiger charge is -2.17. The van der Waals surface area contributed by atoms with E-state index in [0.29, 0.717) is 23.4 Å². The molecule has 1 atom stereocenters. The summed E-state index contributed by atoms with van der Waals surface area (Å²) in [6.07, 6.45) is 0.608. The molecule has 0 amide bonds. The number of hydrogen-bond acceptors (Lipinski definition) is 7. The molecule has 0 radical (unpaired) electrons. The minimum absolute atomic E-state index is 0.0190. The van der Waals surface area contributed by atoms with Gasteiger partial charge in [-0.15, -0.1) is 5.11 Å². The lowest BCUT2D eigenvalue weighted by Crippen LogP contribution is -2.24. The smallest absolute Gasteiger partial charge is 0.281 e. The highest BCUT2D eigenvalue weighted by molar-refractivity contribution is 5.57. The van der Waals surface area contributed by atoms with Gasteiger partial charge in [0.25, 0.3) is 5.56 Å². The van der Waals surface area contributed by atoms with Crippen LogP contribution in [0.5, 0.6) is 5.88 Å². The highest BCUT2D eigenvalue weighted by Gasteiger charge is 2.21. The van der Waals surface area contributed by atoms with E-state index in [1.165, 1.54) is 4.57 Å². The van der Waals surface area contributed by atoms with Crippen LogP contribution in [0.3, 0.4) is 0 Å². The van der Waals surface area contributed by atoms with E-state index in [-0.39, 0.29) is 23.2 Å². The van der Waals surface area contributed by atoms with Crippen molar-refractivity contribution in [3.05, 3.63) is 76.1 Å². The van der Waals surface area contributed by atoms with Gasteiger partial charge in [0, 0.05) is 11.6 Å². The molecule has 0 saturated carbocycles. The number of nitriles is 1. The first-order valence-corrected chi connectivity index (χ1v) is 9.83. The van der Waals surface area contributed by atoms with Crippen molar-refractivity contribution < 1.29 is 5.11 Å². The van der Waals surface area contributed by atoms with Gasteiger partial charge in [0.15, 0.2) is 5.69 Å². The van der Waals surface area contributed by atoms with Crippen molar-refractivity contribution in [2.75, 3.05) is 0 Å². The fourth-order valence-corrected chi connectivity index (χ4v) is 2.92. The molecule has 1 heterocycles. The van der Waals surface area contributed by atoms with Crippen molar-refractivity contribution in [2.45, 2.75) is 33.2 Å². The molecule has 0 spiro atoms. The number of nitrogens with zero attached hydrogens (tertiary/aromatic N) is 6. The lowest BCUT2D eigenvalue weighted by molar-refractivity contribution is 0.372. The van der Waals surface area contributed by atoms with Gasteiger partial charge in [0.2, 0.25) is 5.88 Å². The number of aromatic hydroxyl groups is 1. The molecule has 0 aliphatic carbocycles. The number of rotatable bonds is 6. The molecule has 31 heavy (non-hydrogen) atoms. The van der Waals surface area contributed by atoms with Crippen molar-refractivity contribution in [3.8, 4) is 11.9 Å². The minimum Gasteiger partial charge on any atom is -0.493 e. The van der Waals surface area contributed by atoms with Gasteiger partial charge in [-0.3, -0.25) is 9.36 Å². The summed E-state index contributed by atoms with van der Waals surface area (Å²) >= 11 is 0. The van der Waals surface area contributed by atoms with Crippen LogP contribution in [-0.4, -0.2) is 9.67 Å². The second-order valence-electron chi connectivity index (χ2n) is 6.97. The second kappa shape index (κ2) is 9.59. The van der Waals surface area contributed by atoms with E-state index >= 15 is 0 Å². The van der Waals surface area contributed by atoms with E-state index in [1.54, 1.807) is 38.1 Å². The summed E-state index contributed by atoms with van der Waals surface area (Å²) in [5.41, 5.74) is 1.77. The van der Waals surface area contributed by atoms with Crippen molar-refractivity contribution in [2.24, 2.45) is 20.5 Å². The molecule has 1 N–H and O–H groups in total. The average molecular weight is 414 g/mol. The SMILES string of the molecule is CCC(C)n1c(O)c(C#N)c(C)c(N=Nc2ccc(N=Nc3ccccc3)cc2)c1=O. The fourth-order valence-electron chi connectivity index (χ4n) is 2.92. The third-order valence-electron chi connectivity index (χ3n) is 4.90. The van der Waals surface area contributed by atoms with Crippen LogP contribution >= 0.6 is 0 Å². The third-order valence-corrected chi connectivity index (χ3v) is 4.90. The summed E-state index contributed by atoms with van der Waals surface area (Å²) in [7, 11) is 0. The Morgan fingerprint density at radius 3 is 2.00 bits per heavy atom. The Kier molecular flexibility index (Phi) is 6.67. The number of azo groups is 2. The Morgan fingerprint density at radius 2 is 1.48 bits per heavy atom. The van der Waals surface area contributed by atoms with Gasteiger partial charge in [-0.05, 0) is 56.7 Å². The van der Waals surface area contributed by atoms with E-state index in [4.69, 9.17) is 0 Å². The zero-order valence-electron chi connectivity index (χ0n) is 17.5. The Morgan fingerprint density at radius 1 is 0.968 bits per heavy atom. The Bertz CT molecular complexity index is 1220. The number of benzene rings is 2. The molecule has 0 aliphatic heterocycles. The summed E-state index contributed by atoms with van der Waals surface area (Å²) in [4.78, 5) is 12.9. The molecule has 156 valence electrons. The molecule has 1 aromatic heterocycles. The zero-order valence-corrected chi connectivity index (χ0v) is 17.5. The van der Waals surface area contributed by atoms with Crippen LogP contribution in [0.25, 0.3) is 0 Å². The standard InChI is InChI=1S/C23H22N6O2/c1-4-15(2)29-22(30)20(14-24)16(3)21(23(29)31)28-27-19-12-10-18(11-13-19)26-25-17-8-6-5-7-9-17/h5-13,15,30H,4H2,1-3H3.